The van der Waals surface area contributed by atoms with E-state index in [2.05, 4.69) is 23.4 Å². The number of nitrogens with zero attached hydrogens (tertiary/aromatic N) is 1. The van der Waals surface area contributed by atoms with Crippen LogP contribution in [-0.2, 0) is 0 Å². The molecular weight excluding hydrogens is 204 g/mol. The van der Waals surface area contributed by atoms with Crippen molar-refractivity contribution >= 4 is 11.8 Å². The van der Waals surface area contributed by atoms with Crippen molar-refractivity contribution in [2.45, 2.75) is 49.9 Å². The molecule has 2 fully saturated rings. The first kappa shape index (κ1) is 11.7. The Balaban J connectivity index is 1.71. The Labute approximate surface area is 98.2 Å². The number of nitrogens with one attached hydrogen (secondary N) is 1. The third-order valence-corrected chi connectivity index (χ3v) is 4.89. The quantitative estimate of drug-likeness (QED) is 0.792. The van der Waals surface area contributed by atoms with Gasteiger partial charge in [-0.25, -0.2) is 0 Å². The smallest absolute Gasteiger partial charge is 0.0141 e. The minimum absolute atomic E-state index is 0.756. The molecule has 0 aromatic carbocycles. The molecule has 1 N–H and O–H groups in total. The summed E-state index contributed by atoms with van der Waals surface area (Å²) in [5.74, 6) is 0. The van der Waals surface area contributed by atoms with E-state index in [1.54, 1.807) is 0 Å². The average molecular weight is 228 g/mol. The topological polar surface area (TPSA) is 15.3 Å². The Kier molecular flexibility index (Phi) is 4.35. The first-order chi connectivity index (χ1) is 7.29. The van der Waals surface area contributed by atoms with Crippen molar-refractivity contribution in [3.63, 3.8) is 0 Å². The zero-order valence-corrected chi connectivity index (χ0v) is 10.9. The summed E-state index contributed by atoms with van der Waals surface area (Å²) < 4.78 is 0. The molecule has 15 heavy (non-hydrogen) atoms. The highest BCUT2D eigenvalue weighted by molar-refractivity contribution is 7.99. The van der Waals surface area contributed by atoms with E-state index in [4.69, 9.17) is 0 Å². The number of piperidine rings is 1. The summed E-state index contributed by atoms with van der Waals surface area (Å²) in [7, 11) is 0. The fourth-order valence-electron chi connectivity index (χ4n) is 2.83. The molecule has 2 rings (SSSR count). The molecule has 0 saturated carbocycles. The van der Waals surface area contributed by atoms with Gasteiger partial charge >= 0.3 is 0 Å². The molecule has 0 amide bonds. The first-order valence-corrected chi connectivity index (χ1v) is 7.58. The number of hydrogen-bond acceptors (Lipinski definition) is 3. The predicted octanol–water partition coefficient (Wildman–Crippen LogP) is 1.95. The van der Waals surface area contributed by atoms with Gasteiger partial charge in [-0.05, 0) is 45.0 Å². The van der Waals surface area contributed by atoms with Gasteiger partial charge in [-0.2, -0.15) is 11.8 Å². The van der Waals surface area contributed by atoms with Crippen LogP contribution in [0.15, 0.2) is 0 Å². The Morgan fingerprint density at radius 3 is 3.07 bits per heavy atom. The van der Waals surface area contributed by atoms with Crippen LogP contribution in [-0.4, -0.2) is 48.1 Å². The Morgan fingerprint density at radius 2 is 2.27 bits per heavy atom. The van der Waals surface area contributed by atoms with Gasteiger partial charge in [-0.1, -0.05) is 6.92 Å². The Morgan fingerprint density at radius 1 is 1.40 bits per heavy atom. The van der Waals surface area contributed by atoms with Crippen molar-refractivity contribution in [2.24, 2.45) is 0 Å². The van der Waals surface area contributed by atoms with Crippen molar-refractivity contribution in [3.8, 4) is 0 Å². The maximum Gasteiger partial charge on any atom is 0.0141 e. The zero-order valence-electron chi connectivity index (χ0n) is 10.0. The minimum Gasteiger partial charge on any atom is -0.313 e. The molecular formula is C12H24N2S. The summed E-state index contributed by atoms with van der Waals surface area (Å²) in [6.07, 6.45) is 7.82. The zero-order chi connectivity index (χ0) is 10.7. The maximum atomic E-state index is 3.74. The SMILES string of the molecule is CSC(C)CNC1CCN2CCCC2C1. The molecule has 0 aromatic rings. The van der Waals surface area contributed by atoms with Gasteiger partial charge in [0.2, 0.25) is 0 Å². The standard InChI is InChI=1S/C12H24N2S/c1-10(15-2)9-13-11-5-7-14-6-3-4-12(14)8-11/h10-13H,3-9H2,1-2H3. The fraction of sp³-hybridized carbons (Fsp3) is 1.00. The maximum absolute atomic E-state index is 3.74. The second kappa shape index (κ2) is 5.55. The number of fused-ring (bicyclic) bond motifs is 1. The second-order valence-electron chi connectivity index (χ2n) is 5.01. The van der Waals surface area contributed by atoms with Gasteiger partial charge in [0.15, 0.2) is 0 Å². The third kappa shape index (κ3) is 3.11. The minimum atomic E-state index is 0.756. The van der Waals surface area contributed by atoms with E-state index in [1.165, 1.54) is 45.3 Å². The predicted molar refractivity (Wildman–Crippen MR) is 68.6 cm³/mol. The van der Waals surface area contributed by atoms with E-state index in [0.29, 0.717) is 0 Å². The lowest BCUT2D eigenvalue weighted by atomic mass is 9.97. The lowest BCUT2D eigenvalue weighted by molar-refractivity contribution is 0.167. The molecule has 0 bridgehead atoms. The molecule has 0 radical (unpaired) electrons. The van der Waals surface area contributed by atoms with E-state index >= 15 is 0 Å². The van der Waals surface area contributed by atoms with Crippen molar-refractivity contribution in [1.82, 2.24) is 10.2 Å². The van der Waals surface area contributed by atoms with E-state index in [-0.39, 0.29) is 0 Å². The van der Waals surface area contributed by atoms with Crippen molar-refractivity contribution in [3.05, 3.63) is 0 Å². The summed E-state index contributed by atoms with van der Waals surface area (Å²) in [6, 6.07) is 1.69. The van der Waals surface area contributed by atoms with Crippen LogP contribution in [0.4, 0.5) is 0 Å². The van der Waals surface area contributed by atoms with Crippen molar-refractivity contribution in [2.75, 3.05) is 25.9 Å². The lowest BCUT2D eigenvalue weighted by Crippen LogP contribution is -2.46. The van der Waals surface area contributed by atoms with E-state index in [9.17, 15) is 0 Å². The highest BCUT2D eigenvalue weighted by atomic mass is 32.2. The molecule has 2 aliphatic rings. The van der Waals surface area contributed by atoms with Gasteiger partial charge in [0.1, 0.15) is 0 Å². The summed E-state index contributed by atoms with van der Waals surface area (Å²) in [6.45, 7) is 6.18. The van der Waals surface area contributed by atoms with Crippen molar-refractivity contribution in [1.29, 1.82) is 0 Å². The summed E-state index contributed by atoms with van der Waals surface area (Å²) in [4.78, 5) is 2.69. The fourth-order valence-corrected chi connectivity index (χ4v) is 3.09. The summed E-state index contributed by atoms with van der Waals surface area (Å²) in [5.41, 5.74) is 0. The van der Waals surface area contributed by atoms with Gasteiger partial charge in [-0.3, -0.25) is 0 Å². The van der Waals surface area contributed by atoms with Gasteiger partial charge in [-0.15, -0.1) is 0 Å². The molecule has 88 valence electrons. The summed E-state index contributed by atoms with van der Waals surface area (Å²) >= 11 is 1.96. The molecule has 3 unspecified atom stereocenters. The third-order valence-electron chi connectivity index (χ3n) is 3.92. The largest absolute Gasteiger partial charge is 0.313 e. The number of rotatable bonds is 4. The molecule has 2 heterocycles. The second-order valence-corrected chi connectivity index (χ2v) is 6.28. The van der Waals surface area contributed by atoms with Crippen LogP contribution in [0.2, 0.25) is 0 Å². The number of thioether (sulfide) groups is 1. The molecule has 3 atom stereocenters. The molecule has 2 saturated heterocycles. The highest BCUT2D eigenvalue weighted by Crippen LogP contribution is 2.26. The van der Waals surface area contributed by atoms with Crippen LogP contribution in [0.5, 0.6) is 0 Å². The number of hydrogen-bond donors (Lipinski definition) is 1. The Bertz CT molecular complexity index is 198. The molecule has 0 aromatic heterocycles. The van der Waals surface area contributed by atoms with Crippen LogP contribution in [0, 0.1) is 0 Å². The highest BCUT2D eigenvalue weighted by Gasteiger charge is 2.31. The molecule has 0 spiro atoms. The summed E-state index contributed by atoms with van der Waals surface area (Å²) in [5, 5.41) is 4.49. The van der Waals surface area contributed by atoms with Crippen LogP contribution >= 0.6 is 11.8 Å². The first-order valence-electron chi connectivity index (χ1n) is 6.30. The lowest BCUT2D eigenvalue weighted by Gasteiger charge is -2.35. The molecule has 2 aliphatic heterocycles. The molecule has 2 nitrogen and oxygen atoms in total. The van der Waals surface area contributed by atoms with Crippen LogP contribution in [0.25, 0.3) is 0 Å². The van der Waals surface area contributed by atoms with Gasteiger partial charge in [0, 0.05) is 23.9 Å². The van der Waals surface area contributed by atoms with E-state index < -0.39 is 0 Å². The van der Waals surface area contributed by atoms with Crippen LogP contribution < -0.4 is 5.32 Å². The van der Waals surface area contributed by atoms with Gasteiger partial charge < -0.3 is 10.2 Å². The van der Waals surface area contributed by atoms with Gasteiger partial charge in [0.05, 0.1) is 0 Å². The monoisotopic (exact) mass is 228 g/mol. The normalized spacial score (nSPS) is 34.0. The van der Waals surface area contributed by atoms with Crippen LogP contribution in [0.3, 0.4) is 0 Å². The molecule has 3 heteroatoms. The average Bonchev–Trinajstić information content (AvgIpc) is 2.72. The van der Waals surface area contributed by atoms with E-state index in [1.807, 2.05) is 11.8 Å². The van der Waals surface area contributed by atoms with Gasteiger partial charge in [0.25, 0.3) is 0 Å². The van der Waals surface area contributed by atoms with Crippen molar-refractivity contribution < 1.29 is 0 Å². The van der Waals surface area contributed by atoms with Crippen LogP contribution in [0.1, 0.15) is 32.6 Å². The Hall–Kier alpha value is 0.270. The van der Waals surface area contributed by atoms with E-state index in [0.717, 1.165) is 17.3 Å². The molecule has 0 aliphatic carbocycles.